The van der Waals surface area contributed by atoms with E-state index in [4.69, 9.17) is 9.47 Å². The van der Waals surface area contributed by atoms with Gasteiger partial charge in [-0.25, -0.2) is 8.42 Å². The maximum absolute atomic E-state index is 14.2. The Balaban J connectivity index is 2.10. The molecule has 3 aromatic rings. The molecule has 0 aromatic heterocycles. The van der Waals surface area contributed by atoms with Crippen LogP contribution < -0.4 is 19.1 Å². The molecule has 0 radical (unpaired) electrons. The number of carbonyl (C=O) groups excluding carboxylic acids is 2. The van der Waals surface area contributed by atoms with E-state index in [1.165, 1.54) is 24.1 Å². The lowest BCUT2D eigenvalue weighted by atomic mass is 10.1. The highest BCUT2D eigenvalue weighted by atomic mass is 32.2. The number of carbonyl (C=O) groups is 2. The van der Waals surface area contributed by atoms with Gasteiger partial charge in [0.2, 0.25) is 11.8 Å². The van der Waals surface area contributed by atoms with Crippen LogP contribution in [0.5, 0.6) is 11.5 Å². The zero-order chi connectivity index (χ0) is 30.0. The number of nitrogens with zero attached hydrogens (tertiary/aromatic N) is 2. The Bertz CT molecular complexity index is 1410. The van der Waals surface area contributed by atoms with E-state index < -0.39 is 28.5 Å². The van der Waals surface area contributed by atoms with E-state index in [0.29, 0.717) is 24.5 Å². The third-order valence-corrected chi connectivity index (χ3v) is 8.43. The lowest BCUT2D eigenvalue weighted by Crippen LogP contribution is -2.52. The molecule has 0 fully saturated rings. The van der Waals surface area contributed by atoms with Crippen LogP contribution in [0.15, 0.2) is 77.7 Å². The second-order valence-electron chi connectivity index (χ2n) is 9.58. The van der Waals surface area contributed by atoms with Crippen LogP contribution in [-0.4, -0.2) is 58.5 Å². The number of rotatable bonds is 14. The molecule has 0 bridgehead atoms. The predicted octanol–water partition coefficient (Wildman–Crippen LogP) is 4.54. The summed E-state index contributed by atoms with van der Waals surface area (Å²) in [5, 5.41) is 2.88. The van der Waals surface area contributed by atoms with Gasteiger partial charge in [-0.15, -0.1) is 0 Å². The smallest absolute Gasteiger partial charge is 0.264 e. The van der Waals surface area contributed by atoms with Crippen molar-refractivity contribution in [2.75, 3.05) is 31.6 Å². The third kappa shape index (κ3) is 7.79. The van der Waals surface area contributed by atoms with Gasteiger partial charge in [0.05, 0.1) is 24.8 Å². The topological polar surface area (TPSA) is 105 Å². The normalized spacial score (nSPS) is 11.8. The second kappa shape index (κ2) is 14.5. The van der Waals surface area contributed by atoms with E-state index >= 15 is 0 Å². The first-order chi connectivity index (χ1) is 19.7. The standard InChI is InChI=1S/C31H39N3O6S/c1-6-19-32-31(36)27(7-2)33(21-24-14-16-25(39-4)17-15-24)30(35)22-34(28-20-23(3)13-18-29(28)40-5)41(37,38)26-11-9-8-10-12-26/h8-18,20,27H,6-7,19,21-22H2,1-5H3,(H,32,36)/t27-/m0/s1. The highest BCUT2D eigenvalue weighted by molar-refractivity contribution is 7.92. The number of hydrogen-bond donors (Lipinski definition) is 1. The maximum Gasteiger partial charge on any atom is 0.264 e. The number of nitrogens with one attached hydrogen (secondary N) is 1. The Labute approximate surface area is 243 Å². The minimum Gasteiger partial charge on any atom is -0.497 e. The molecule has 1 atom stereocenters. The van der Waals surface area contributed by atoms with Gasteiger partial charge in [0.15, 0.2) is 0 Å². The Kier molecular flexibility index (Phi) is 11.2. The molecule has 2 amide bonds. The molecule has 0 aliphatic heterocycles. The van der Waals surface area contributed by atoms with Gasteiger partial charge in [-0.2, -0.15) is 0 Å². The van der Waals surface area contributed by atoms with E-state index in [1.807, 2.05) is 32.9 Å². The van der Waals surface area contributed by atoms with E-state index in [-0.39, 0.29) is 23.0 Å². The average molecular weight is 582 g/mol. The van der Waals surface area contributed by atoms with Gasteiger partial charge in [0.25, 0.3) is 10.0 Å². The van der Waals surface area contributed by atoms with E-state index in [2.05, 4.69) is 5.32 Å². The Hall–Kier alpha value is -4.05. The van der Waals surface area contributed by atoms with Crippen molar-refractivity contribution in [3.63, 3.8) is 0 Å². The predicted molar refractivity (Wildman–Crippen MR) is 160 cm³/mol. The fourth-order valence-corrected chi connectivity index (χ4v) is 5.88. The monoisotopic (exact) mass is 581 g/mol. The summed E-state index contributed by atoms with van der Waals surface area (Å²) in [6.07, 6.45) is 1.08. The van der Waals surface area contributed by atoms with Crippen LogP contribution in [0, 0.1) is 6.92 Å². The molecule has 0 aliphatic carbocycles. The number of amides is 2. The summed E-state index contributed by atoms with van der Waals surface area (Å²) in [4.78, 5) is 28.9. The maximum atomic E-state index is 14.2. The van der Waals surface area contributed by atoms with Crippen LogP contribution in [0.2, 0.25) is 0 Å². The molecule has 10 heteroatoms. The average Bonchev–Trinajstić information content (AvgIpc) is 2.99. The Morgan fingerprint density at radius 1 is 0.927 bits per heavy atom. The van der Waals surface area contributed by atoms with Crippen molar-refractivity contribution < 1.29 is 27.5 Å². The molecular formula is C31H39N3O6S. The molecule has 0 aliphatic rings. The first kappa shape index (κ1) is 31.5. The molecule has 3 rings (SSSR count). The van der Waals surface area contributed by atoms with Crippen molar-refractivity contribution >= 4 is 27.5 Å². The number of benzene rings is 3. The van der Waals surface area contributed by atoms with Gasteiger partial charge in [-0.1, -0.05) is 50.2 Å². The van der Waals surface area contributed by atoms with Gasteiger partial charge in [-0.05, 0) is 67.3 Å². The largest absolute Gasteiger partial charge is 0.497 e. The molecule has 0 spiro atoms. The number of hydrogen-bond acceptors (Lipinski definition) is 6. The second-order valence-corrected chi connectivity index (χ2v) is 11.4. The first-order valence-corrected chi connectivity index (χ1v) is 15.0. The summed E-state index contributed by atoms with van der Waals surface area (Å²) in [5.41, 5.74) is 1.80. The number of sulfonamides is 1. The number of aryl methyl sites for hydroxylation is 1. The number of anilines is 1. The quantitative estimate of drug-likeness (QED) is 0.300. The zero-order valence-corrected chi connectivity index (χ0v) is 25.1. The van der Waals surface area contributed by atoms with Gasteiger partial charge >= 0.3 is 0 Å². The highest BCUT2D eigenvalue weighted by Crippen LogP contribution is 2.33. The van der Waals surface area contributed by atoms with Crippen LogP contribution in [0.25, 0.3) is 0 Å². The summed E-state index contributed by atoms with van der Waals surface area (Å²) in [5.74, 6) is 0.146. The minimum atomic E-state index is -4.19. The van der Waals surface area contributed by atoms with Crippen molar-refractivity contribution in [1.29, 1.82) is 0 Å². The van der Waals surface area contributed by atoms with Crippen molar-refractivity contribution in [3.05, 3.63) is 83.9 Å². The molecule has 0 saturated carbocycles. The molecule has 1 N–H and O–H groups in total. The SMILES string of the molecule is CCCNC(=O)[C@H](CC)N(Cc1ccc(OC)cc1)C(=O)CN(c1cc(C)ccc1OC)S(=O)(=O)c1ccccc1. The van der Waals surface area contributed by atoms with E-state index in [9.17, 15) is 18.0 Å². The summed E-state index contributed by atoms with van der Waals surface area (Å²) < 4.78 is 39.9. The van der Waals surface area contributed by atoms with Crippen molar-refractivity contribution in [2.24, 2.45) is 0 Å². The van der Waals surface area contributed by atoms with Gasteiger partial charge in [-0.3, -0.25) is 13.9 Å². The van der Waals surface area contributed by atoms with Crippen LogP contribution >= 0.6 is 0 Å². The fraction of sp³-hybridized carbons (Fsp3) is 0.355. The first-order valence-electron chi connectivity index (χ1n) is 13.6. The summed E-state index contributed by atoms with van der Waals surface area (Å²) in [6, 6.07) is 19.5. The lowest BCUT2D eigenvalue weighted by Gasteiger charge is -2.33. The zero-order valence-electron chi connectivity index (χ0n) is 24.3. The number of methoxy groups -OCH3 is 2. The molecule has 9 nitrogen and oxygen atoms in total. The summed E-state index contributed by atoms with van der Waals surface area (Å²) >= 11 is 0. The molecule has 41 heavy (non-hydrogen) atoms. The van der Waals surface area contributed by atoms with Gasteiger partial charge in [0.1, 0.15) is 24.1 Å². The molecule has 0 unspecified atom stereocenters. The molecular weight excluding hydrogens is 542 g/mol. The minimum absolute atomic E-state index is 0.0331. The Morgan fingerprint density at radius 3 is 2.20 bits per heavy atom. The van der Waals surface area contributed by atoms with Crippen LogP contribution in [0.3, 0.4) is 0 Å². The molecule has 3 aromatic carbocycles. The highest BCUT2D eigenvalue weighted by Gasteiger charge is 2.34. The summed E-state index contributed by atoms with van der Waals surface area (Å²) in [7, 11) is -1.18. The van der Waals surface area contributed by atoms with Crippen LogP contribution in [0.1, 0.15) is 37.8 Å². The number of ether oxygens (including phenoxy) is 2. The summed E-state index contributed by atoms with van der Waals surface area (Å²) in [6.45, 7) is 5.64. The fourth-order valence-electron chi connectivity index (χ4n) is 4.44. The van der Waals surface area contributed by atoms with Crippen molar-refractivity contribution in [2.45, 2.75) is 51.1 Å². The van der Waals surface area contributed by atoms with Gasteiger partial charge in [0, 0.05) is 13.1 Å². The van der Waals surface area contributed by atoms with Crippen molar-refractivity contribution in [3.8, 4) is 11.5 Å². The van der Waals surface area contributed by atoms with Crippen LogP contribution in [-0.2, 0) is 26.2 Å². The third-order valence-electron chi connectivity index (χ3n) is 6.66. The van der Waals surface area contributed by atoms with Gasteiger partial charge < -0.3 is 19.7 Å². The van der Waals surface area contributed by atoms with E-state index in [0.717, 1.165) is 21.9 Å². The Morgan fingerprint density at radius 2 is 1.61 bits per heavy atom. The lowest BCUT2D eigenvalue weighted by molar-refractivity contribution is -0.140. The van der Waals surface area contributed by atoms with E-state index in [1.54, 1.807) is 55.6 Å². The molecule has 0 saturated heterocycles. The molecule has 220 valence electrons. The van der Waals surface area contributed by atoms with Crippen LogP contribution in [0.4, 0.5) is 5.69 Å². The molecule has 0 heterocycles. The van der Waals surface area contributed by atoms with Crippen molar-refractivity contribution in [1.82, 2.24) is 10.2 Å².